The van der Waals surface area contributed by atoms with Gasteiger partial charge in [0.2, 0.25) is 11.9 Å². The standard InChI is InChI=1S/C67H39N7/c1-3-18-45(19-4-1)71-55-26-11-7-22-47(55)51-34-36-53-49-24-9-13-28-57(49)73(63(53)61(51)71)66-68-65(44-38-42-32-30-40-16-15-17-41-31-33-43(39-44)60(42)59(40)41)69-67(70-66)74-58-29-14-10-25-50(58)54-37-35-52-48-23-8-12-27-56(48)72(62(52)64(54)74)46-20-5-2-6-21-46/h1-39H. The molecule has 7 heteroatoms. The van der Waals surface area contributed by atoms with Crippen molar-refractivity contribution < 1.29 is 0 Å². The van der Waals surface area contributed by atoms with Crippen molar-refractivity contribution in [1.29, 1.82) is 0 Å². The average molecular weight is 942 g/mol. The molecule has 0 aliphatic heterocycles. The summed E-state index contributed by atoms with van der Waals surface area (Å²) < 4.78 is 9.43. The van der Waals surface area contributed by atoms with Crippen molar-refractivity contribution in [2.24, 2.45) is 0 Å². The second kappa shape index (κ2) is 14.7. The second-order valence-corrected chi connectivity index (χ2v) is 19.6. The van der Waals surface area contributed by atoms with E-state index in [9.17, 15) is 0 Å². The molecule has 5 aromatic heterocycles. The highest BCUT2D eigenvalue weighted by Crippen LogP contribution is 2.45. The van der Waals surface area contributed by atoms with Crippen LogP contribution in [0.4, 0.5) is 0 Å². The van der Waals surface area contributed by atoms with Gasteiger partial charge in [-0.3, -0.25) is 9.13 Å². The largest absolute Gasteiger partial charge is 0.307 e. The Balaban J connectivity index is 1.06. The summed E-state index contributed by atoms with van der Waals surface area (Å²) in [6.45, 7) is 0. The minimum Gasteiger partial charge on any atom is -0.307 e. The van der Waals surface area contributed by atoms with E-state index in [0.717, 1.165) is 104 Å². The maximum atomic E-state index is 5.80. The molecule has 74 heavy (non-hydrogen) atoms. The highest BCUT2D eigenvalue weighted by molar-refractivity contribution is 6.26. The Labute approximate surface area is 422 Å². The van der Waals surface area contributed by atoms with E-state index < -0.39 is 0 Å². The van der Waals surface area contributed by atoms with Crippen LogP contribution in [0.15, 0.2) is 237 Å². The van der Waals surface area contributed by atoms with Crippen LogP contribution in [0.2, 0.25) is 0 Å². The van der Waals surface area contributed by atoms with Crippen molar-refractivity contribution in [2.75, 3.05) is 0 Å². The molecule has 0 aliphatic carbocycles. The molecule has 0 radical (unpaired) electrons. The lowest BCUT2D eigenvalue weighted by molar-refractivity contribution is 0.893. The first-order chi connectivity index (χ1) is 36.7. The Bertz CT molecular complexity index is 4880. The zero-order valence-corrected chi connectivity index (χ0v) is 39.6. The van der Waals surface area contributed by atoms with Crippen molar-refractivity contribution in [3.63, 3.8) is 0 Å². The second-order valence-electron chi connectivity index (χ2n) is 19.6. The zero-order valence-electron chi connectivity index (χ0n) is 39.6. The first-order valence-electron chi connectivity index (χ1n) is 25.2. The molecule has 0 bridgehead atoms. The molecule has 0 amide bonds. The summed E-state index contributed by atoms with van der Waals surface area (Å²) in [6, 6.07) is 85.5. The monoisotopic (exact) mass is 941 g/mol. The molecule has 0 aliphatic rings. The third kappa shape index (κ3) is 5.31. The van der Waals surface area contributed by atoms with Crippen molar-refractivity contribution in [1.82, 2.24) is 33.2 Å². The summed E-state index contributed by atoms with van der Waals surface area (Å²) in [5.41, 5.74) is 11.6. The molecule has 0 atom stereocenters. The van der Waals surface area contributed by atoms with Gasteiger partial charge in [0.05, 0.1) is 44.1 Å². The summed E-state index contributed by atoms with van der Waals surface area (Å²) in [7, 11) is 0. The van der Waals surface area contributed by atoms with E-state index in [1.165, 1.54) is 32.3 Å². The minimum atomic E-state index is 0.528. The quantitative estimate of drug-likeness (QED) is 0.162. The molecule has 0 fully saturated rings. The number of fused-ring (bicyclic) bond motifs is 14. The molecule has 7 nitrogen and oxygen atoms in total. The van der Waals surface area contributed by atoms with Crippen LogP contribution in [0.25, 0.3) is 154 Å². The van der Waals surface area contributed by atoms with Gasteiger partial charge in [0.25, 0.3) is 0 Å². The predicted molar refractivity (Wildman–Crippen MR) is 306 cm³/mol. The van der Waals surface area contributed by atoms with Gasteiger partial charge in [-0.25, -0.2) is 0 Å². The minimum absolute atomic E-state index is 0.528. The summed E-state index contributed by atoms with van der Waals surface area (Å²) in [5, 5.41) is 16.4. The van der Waals surface area contributed by atoms with E-state index in [0.29, 0.717) is 17.7 Å². The van der Waals surface area contributed by atoms with Gasteiger partial charge in [-0.15, -0.1) is 0 Å². The van der Waals surface area contributed by atoms with Gasteiger partial charge in [0, 0.05) is 60.0 Å². The van der Waals surface area contributed by atoms with Gasteiger partial charge in [-0.1, -0.05) is 176 Å². The Morgan fingerprint density at radius 1 is 0.243 bits per heavy atom. The predicted octanol–water partition coefficient (Wildman–Crippen LogP) is 16.8. The van der Waals surface area contributed by atoms with Crippen LogP contribution in [0, 0.1) is 0 Å². The third-order valence-corrected chi connectivity index (χ3v) is 15.7. The Hall–Kier alpha value is -10.1. The van der Waals surface area contributed by atoms with Gasteiger partial charge < -0.3 is 9.13 Å². The van der Waals surface area contributed by atoms with Crippen LogP contribution in [-0.4, -0.2) is 33.2 Å². The number of hydrogen-bond donors (Lipinski definition) is 0. The molecular weight excluding hydrogens is 903 g/mol. The first kappa shape index (κ1) is 39.6. The van der Waals surface area contributed by atoms with E-state index in [4.69, 9.17) is 15.0 Å². The van der Waals surface area contributed by atoms with Gasteiger partial charge in [-0.2, -0.15) is 15.0 Å². The van der Waals surface area contributed by atoms with E-state index in [-0.39, 0.29) is 0 Å². The van der Waals surface area contributed by atoms with Crippen molar-refractivity contribution in [3.05, 3.63) is 237 Å². The van der Waals surface area contributed by atoms with Gasteiger partial charge in [-0.05, 0) is 93.0 Å². The highest BCUT2D eigenvalue weighted by Gasteiger charge is 2.27. The molecule has 0 saturated carbocycles. The molecule has 0 unspecified atom stereocenters. The van der Waals surface area contributed by atoms with E-state index in [2.05, 4.69) is 255 Å². The Morgan fingerprint density at radius 3 is 1.00 bits per heavy atom. The fraction of sp³-hybridized carbons (Fsp3) is 0. The van der Waals surface area contributed by atoms with Crippen LogP contribution in [0.5, 0.6) is 0 Å². The molecule has 0 N–H and O–H groups in total. The molecular formula is C67H39N7. The number of benzene rings is 12. The summed E-state index contributed by atoms with van der Waals surface area (Å²) in [4.78, 5) is 17.2. The first-order valence-corrected chi connectivity index (χ1v) is 25.2. The fourth-order valence-electron chi connectivity index (χ4n) is 12.7. The molecule has 342 valence electrons. The molecule has 0 saturated heterocycles. The lowest BCUT2D eigenvalue weighted by atomic mass is 9.93. The van der Waals surface area contributed by atoms with Gasteiger partial charge >= 0.3 is 0 Å². The zero-order chi connectivity index (χ0) is 48.2. The molecule has 17 aromatic rings. The maximum absolute atomic E-state index is 5.80. The van der Waals surface area contributed by atoms with E-state index in [1.54, 1.807) is 0 Å². The number of rotatable bonds is 5. The topological polar surface area (TPSA) is 58.4 Å². The lowest BCUT2D eigenvalue weighted by Crippen LogP contribution is -2.11. The summed E-state index contributed by atoms with van der Waals surface area (Å²) in [6.07, 6.45) is 0. The Kier molecular flexibility index (Phi) is 7.88. The van der Waals surface area contributed by atoms with Crippen LogP contribution < -0.4 is 0 Å². The number of para-hydroxylation sites is 6. The molecule has 0 spiro atoms. The van der Waals surface area contributed by atoms with Crippen LogP contribution in [0.1, 0.15) is 0 Å². The van der Waals surface area contributed by atoms with Gasteiger partial charge in [0.15, 0.2) is 5.82 Å². The summed E-state index contributed by atoms with van der Waals surface area (Å²) in [5.74, 6) is 1.64. The van der Waals surface area contributed by atoms with Crippen LogP contribution in [0.3, 0.4) is 0 Å². The highest BCUT2D eigenvalue weighted by atomic mass is 15.3. The number of aromatic nitrogens is 7. The lowest BCUT2D eigenvalue weighted by Gasteiger charge is -2.16. The normalized spacial score (nSPS) is 12.3. The van der Waals surface area contributed by atoms with Crippen LogP contribution in [-0.2, 0) is 0 Å². The smallest absolute Gasteiger partial charge is 0.240 e. The number of nitrogens with zero attached hydrogens (tertiary/aromatic N) is 7. The molecule has 5 heterocycles. The fourth-order valence-corrected chi connectivity index (χ4v) is 12.7. The van der Waals surface area contributed by atoms with Crippen molar-refractivity contribution >= 4 is 120 Å². The molecule has 12 aromatic carbocycles. The van der Waals surface area contributed by atoms with Gasteiger partial charge in [0.1, 0.15) is 0 Å². The van der Waals surface area contributed by atoms with Crippen LogP contribution >= 0.6 is 0 Å². The summed E-state index contributed by atoms with van der Waals surface area (Å²) >= 11 is 0. The molecule has 17 rings (SSSR count). The SMILES string of the molecule is c1ccc(-n2c3ccccc3c3ccc4c5ccccc5n(-c5nc(-c6cc7ccc8cccc9ccc(c6)c7c89)nc(-n6c7ccccc7c7ccc8c9ccccc9n(-c9ccccc9)c8c76)n5)c4c32)cc1. The Morgan fingerprint density at radius 2 is 0.581 bits per heavy atom. The third-order valence-electron chi connectivity index (χ3n) is 15.7. The van der Waals surface area contributed by atoms with Crippen molar-refractivity contribution in [3.8, 4) is 34.7 Å². The van der Waals surface area contributed by atoms with E-state index in [1.807, 2.05) is 0 Å². The average Bonchev–Trinajstić information content (AvgIpc) is 4.20. The maximum Gasteiger partial charge on any atom is 0.240 e. The number of hydrogen-bond acceptors (Lipinski definition) is 3. The van der Waals surface area contributed by atoms with Crippen molar-refractivity contribution in [2.45, 2.75) is 0 Å². The van der Waals surface area contributed by atoms with E-state index >= 15 is 0 Å².